The molecule has 0 saturated heterocycles. The van der Waals surface area contributed by atoms with Crippen molar-refractivity contribution in [2.45, 2.75) is 19.4 Å². The predicted molar refractivity (Wildman–Crippen MR) is 58.5 cm³/mol. The van der Waals surface area contributed by atoms with Crippen molar-refractivity contribution in [3.63, 3.8) is 0 Å². The second-order valence-corrected chi connectivity index (χ2v) is 3.74. The largest absolute Gasteiger partial charge is 0.330 e. The molecule has 2 rings (SSSR count). The first-order chi connectivity index (χ1) is 7.65. The normalized spacial score (nSPS) is 13.6. The van der Waals surface area contributed by atoms with Gasteiger partial charge in [-0.2, -0.15) is 8.78 Å². The maximum absolute atomic E-state index is 13.0. The quantitative estimate of drug-likeness (QED) is 0.872. The van der Waals surface area contributed by atoms with E-state index in [4.69, 9.17) is 5.73 Å². The molecule has 5 heteroatoms. The number of hydrogen-bond acceptors (Lipinski definition) is 2. The Hall–Kier alpha value is -1.49. The number of para-hydroxylation sites is 2. The van der Waals surface area contributed by atoms with Gasteiger partial charge in [-0.1, -0.05) is 19.1 Å². The maximum Gasteiger partial charge on any atom is 0.320 e. The maximum atomic E-state index is 13.0. The van der Waals surface area contributed by atoms with E-state index in [2.05, 4.69) is 4.98 Å². The standard InChI is InChI=1S/C11H13F2N3/c1-7(6-14)10-15-8-4-2-3-5-9(8)16(10)11(12)13/h2-5,7,11H,6,14H2,1H3. The zero-order chi connectivity index (χ0) is 11.7. The molecule has 3 nitrogen and oxygen atoms in total. The van der Waals surface area contributed by atoms with Gasteiger partial charge in [0.2, 0.25) is 0 Å². The van der Waals surface area contributed by atoms with Crippen molar-refractivity contribution in [3.05, 3.63) is 30.1 Å². The molecule has 2 aromatic rings. The Morgan fingerprint density at radius 3 is 2.69 bits per heavy atom. The third-order valence-corrected chi connectivity index (χ3v) is 2.61. The highest BCUT2D eigenvalue weighted by atomic mass is 19.3. The molecule has 0 aliphatic heterocycles. The third-order valence-electron chi connectivity index (χ3n) is 2.61. The predicted octanol–water partition coefficient (Wildman–Crippen LogP) is 2.49. The molecule has 1 unspecified atom stereocenters. The lowest BCUT2D eigenvalue weighted by atomic mass is 10.2. The van der Waals surface area contributed by atoms with Crippen molar-refractivity contribution >= 4 is 11.0 Å². The van der Waals surface area contributed by atoms with Crippen LogP contribution in [0.3, 0.4) is 0 Å². The van der Waals surface area contributed by atoms with Crippen molar-refractivity contribution in [1.82, 2.24) is 9.55 Å². The highest BCUT2D eigenvalue weighted by Crippen LogP contribution is 2.26. The van der Waals surface area contributed by atoms with E-state index in [1.807, 2.05) is 0 Å². The summed E-state index contributed by atoms with van der Waals surface area (Å²) in [5.74, 6) is 0.167. The lowest BCUT2D eigenvalue weighted by Gasteiger charge is -2.11. The molecule has 0 fully saturated rings. The first-order valence-electron chi connectivity index (χ1n) is 5.10. The minimum absolute atomic E-state index is 0.179. The van der Waals surface area contributed by atoms with Gasteiger partial charge in [-0.15, -0.1) is 0 Å². The van der Waals surface area contributed by atoms with Gasteiger partial charge in [0.25, 0.3) is 0 Å². The van der Waals surface area contributed by atoms with Gasteiger partial charge in [0, 0.05) is 12.5 Å². The van der Waals surface area contributed by atoms with Crippen LogP contribution in [0.15, 0.2) is 24.3 Å². The van der Waals surface area contributed by atoms with Crippen LogP contribution < -0.4 is 5.73 Å². The Kier molecular flexibility index (Phi) is 2.87. The van der Waals surface area contributed by atoms with Crippen LogP contribution in [-0.4, -0.2) is 16.1 Å². The number of rotatable bonds is 3. The summed E-state index contributed by atoms with van der Waals surface area (Å²) in [6.07, 6.45) is 0. The fourth-order valence-electron chi connectivity index (χ4n) is 1.72. The van der Waals surface area contributed by atoms with Crippen LogP contribution in [0.25, 0.3) is 11.0 Å². The van der Waals surface area contributed by atoms with E-state index in [0.29, 0.717) is 23.4 Å². The number of imidazole rings is 1. The van der Waals surface area contributed by atoms with Crippen molar-refractivity contribution in [2.24, 2.45) is 5.73 Å². The molecule has 1 aromatic heterocycles. The van der Waals surface area contributed by atoms with E-state index < -0.39 is 6.55 Å². The van der Waals surface area contributed by atoms with Crippen LogP contribution in [0.2, 0.25) is 0 Å². The summed E-state index contributed by atoms with van der Waals surface area (Å²) in [5, 5.41) is 0. The van der Waals surface area contributed by atoms with Gasteiger partial charge in [-0.3, -0.25) is 4.57 Å². The first kappa shape index (κ1) is 11.0. The van der Waals surface area contributed by atoms with E-state index in [1.165, 1.54) is 0 Å². The summed E-state index contributed by atoms with van der Waals surface area (Å²) in [4.78, 5) is 4.21. The lowest BCUT2D eigenvalue weighted by molar-refractivity contribution is 0.0705. The zero-order valence-corrected chi connectivity index (χ0v) is 8.90. The highest BCUT2D eigenvalue weighted by Gasteiger charge is 2.20. The van der Waals surface area contributed by atoms with Gasteiger partial charge >= 0.3 is 6.55 Å². The number of halogens is 2. The summed E-state index contributed by atoms with van der Waals surface area (Å²) in [5.41, 5.74) is 6.53. The Labute approximate surface area is 91.9 Å². The summed E-state index contributed by atoms with van der Waals surface area (Å²) in [7, 11) is 0. The van der Waals surface area contributed by atoms with Crippen molar-refractivity contribution < 1.29 is 8.78 Å². The molecular formula is C11H13F2N3. The zero-order valence-electron chi connectivity index (χ0n) is 8.90. The molecule has 1 aromatic carbocycles. The average molecular weight is 225 g/mol. The first-order valence-corrected chi connectivity index (χ1v) is 5.10. The van der Waals surface area contributed by atoms with E-state index in [-0.39, 0.29) is 5.92 Å². The molecule has 0 aliphatic rings. The van der Waals surface area contributed by atoms with Gasteiger partial charge in [-0.05, 0) is 12.1 Å². The summed E-state index contributed by atoms with van der Waals surface area (Å²) >= 11 is 0. The fourth-order valence-corrected chi connectivity index (χ4v) is 1.72. The van der Waals surface area contributed by atoms with Gasteiger partial charge in [0.05, 0.1) is 11.0 Å². The molecular weight excluding hydrogens is 212 g/mol. The topological polar surface area (TPSA) is 43.8 Å². The molecule has 2 N–H and O–H groups in total. The summed E-state index contributed by atoms with van der Waals surface area (Å²) in [6.45, 7) is -0.493. The van der Waals surface area contributed by atoms with E-state index in [9.17, 15) is 8.78 Å². The Balaban J connectivity index is 2.68. The number of fused-ring (bicyclic) bond motifs is 1. The van der Waals surface area contributed by atoms with Crippen molar-refractivity contribution in [1.29, 1.82) is 0 Å². The van der Waals surface area contributed by atoms with Gasteiger partial charge in [-0.25, -0.2) is 4.98 Å². The van der Waals surface area contributed by atoms with E-state index in [0.717, 1.165) is 4.57 Å². The van der Waals surface area contributed by atoms with Crippen LogP contribution in [0.5, 0.6) is 0 Å². The smallest absolute Gasteiger partial charge is 0.320 e. The number of hydrogen-bond donors (Lipinski definition) is 1. The molecule has 16 heavy (non-hydrogen) atoms. The molecule has 0 amide bonds. The minimum Gasteiger partial charge on any atom is -0.330 e. The Morgan fingerprint density at radius 1 is 1.38 bits per heavy atom. The van der Waals surface area contributed by atoms with E-state index in [1.54, 1.807) is 31.2 Å². The molecule has 1 heterocycles. The Morgan fingerprint density at radius 2 is 2.06 bits per heavy atom. The van der Waals surface area contributed by atoms with Crippen LogP contribution >= 0.6 is 0 Å². The minimum atomic E-state index is -2.59. The van der Waals surface area contributed by atoms with E-state index >= 15 is 0 Å². The Bertz CT molecular complexity index is 493. The summed E-state index contributed by atoms with van der Waals surface area (Å²) < 4.78 is 26.9. The molecule has 0 saturated carbocycles. The van der Waals surface area contributed by atoms with Gasteiger partial charge in [0.15, 0.2) is 0 Å². The van der Waals surface area contributed by atoms with Gasteiger partial charge < -0.3 is 5.73 Å². The SMILES string of the molecule is CC(CN)c1nc2ccccc2n1C(F)F. The monoisotopic (exact) mass is 225 g/mol. The van der Waals surface area contributed by atoms with Crippen LogP contribution in [0, 0.1) is 0 Å². The van der Waals surface area contributed by atoms with Crippen molar-refractivity contribution in [3.8, 4) is 0 Å². The number of aromatic nitrogens is 2. The fraction of sp³-hybridized carbons (Fsp3) is 0.364. The molecule has 86 valence electrons. The molecule has 0 spiro atoms. The summed E-state index contributed by atoms with van der Waals surface area (Å²) in [6, 6.07) is 6.87. The molecule has 0 aliphatic carbocycles. The highest BCUT2D eigenvalue weighted by molar-refractivity contribution is 5.76. The van der Waals surface area contributed by atoms with Crippen LogP contribution in [0.1, 0.15) is 25.2 Å². The van der Waals surface area contributed by atoms with Crippen LogP contribution in [-0.2, 0) is 0 Å². The number of benzene rings is 1. The molecule has 0 radical (unpaired) electrons. The van der Waals surface area contributed by atoms with Crippen LogP contribution in [0.4, 0.5) is 8.78 Å². The second kappa shape index (κ2) is 4.17. The third kappa shape index (κ3) is 1.67. The number of alkyl halides is 2. The van der Waals surface area contributed by atoms with Crippen molar-refractivity contribution in [2.75, 3.05) is 6.54 Å². The molecule has 1 atom stereocenters. The number of nitrogens with zero attached hydrogens (tertiary/aromatic N) is 2. The average Bonchev–Trinajstić information content (AvgIpc) is 2.67. The van der Waals surface area contributed by atoms with Gasteiger partial charge in [0.1, 0.15) is 5.82 Å². The lowest BCUT2D eigenvalue weighted by Crippen LogP contribution is -2.15. The molecule has 0 bridgehead atoms. The number of nitrogens with two attached hydrogens (primary N) is 1. The second-order valence-electron chi connectivity index (χ2n) is 3.74.